The Morgan fingerprint density at radius 2 is 2.17 bits per heavy atom. The molecule has 0 aliphatic heterocycles. The normalized spacial score (nSPS) is 42.7. The van der Waals surface area contributed by atoms with Crippen LogP contribution in [0.2, 0.25) is 0 Å². The smallest absolute Gasteiger partial charge is 0.260 e. The molecule has 0 aromatic rings. The van der Waals surface area contributed by atoms with E-state index in [0.717, 1.165) is 11.8 Å². The lowest BCUT2D eigenvalue weighted by Crippen LogP contribution is -2.52. The second-order valence-corrected chi connectivity index (χ2v) is 4.87. The largest absolute Gasteiger partial charge is 0.362 e. The molecule has 3 unspecified atom stereocenters. The first-order valence-corrected chi connectivity index (χ1v) is 4.84. The van der Waals surface area contributed by atoms with Gasteiger partial charge in [-0.15, -0.1) is 0 Å². The maximum Gasteiger partial charge on any atom is 0.260 e. The van der Waals surface area contributed by atoms with Crippen LogP contribution >= 0.6 is 0 Å². The summed E-state index contributed by atoms with van der Waals surface area (Å²) >= 11 is 0. The number of rotatable bonds is 1. The molecule has 0 heterocycles. The van der Waals surface area contributed by atoms with Gasteiger partial charge < -0.3 is 5.53 Å². The minimum absolute atomic E-state index is 0.504. The van der Waals surface area contributed by atoms with Gasteiger partial charge in [0.05, 0.1) is 5.92 Å². The third kappa shape index (κ3) is 0.879. The van der Waals surface area contributed by atoms with E-state index in [1.54, 1.807) is 6.21 Å². The fraction of sp³-hybridized carbons (Fsp3) is 0.900. The Hall–Kier alpha value is -0.620. The summed E-state index contributed by atoms with van der Waals surface area (Å²) in [6.07, 6.45) is 5.63. The van der Waals surface area contributed by atoms with Crippen molar-refractivity contribution < 1.29 is 4.79 Å². The van der Waals surface area contributed by atoms with Gasteiger partial charge in [0, 0.05) is 0 Å². The molecule has 0 aromatic carbocycles. The molecule has 0 aromatic heterocycles. The number of nitrogens with zero attached hydrogens (tertiary/aromatic N) is 2. The van der Waals surface area contributed by atoms with Gasteiger partial charge in [0.25, 0.3) is 6.21 Å². The molecule has 3 atom stereocenters. The Bertz CT molecular complexity index is 236. The first-order valence-electron chi connectivity index (χ1n) is 4.84. The molecule has 0 N–H and O–H groups in total. The summed E-state index contributed by atoms with van der Waals surface area (Å²) in [5.74, 6) is 2.24. The van der Waals surface area contributed by atoms with Crippen LogP contribution in [-0.2, 0) is 0 Å². The van der Waals surface area contributed by atoms with Crippen molar-refractivity contribution in [2.45, 2.75) is 33.1 Å². The fourth-order valence-electron chi connectivity index (χ4n) is 3.13. The van der Waals surface area contributed by atoms with Crippen molar-refractivity contribution in [3.05, 3.63) is 5.53 Å². The molecular formula is C10H16N2. The second kappa shape index (κ2) is 2.43. The molecule has 0 spiro atoms. The van der Waals surface area contributed by atoms with Gasteiger partial charge in [-0.3, -0.25) is 0 Å². The van der Waals surface area contributed by atoms with E-state index < -0.39 is 0 Å². The van der Waals surface area contributed by atoms with Crippen LogP contribution in [0.5, 0.6) is 0 Å². The summed E-state index contributed by atoms with van der Waals surface area (Å²) < 4.78 is 0. The van der Waals surface area contributed by atoms with Gasteiger partial charge in [0.1, 0.15) is 0 Å². The SMILES string of the molecule is CC1(C)C2CCC(C=[N+]=[N-])C1C2. The third-order valence-electron chi connectivity index (χ3n) is 4.17. The van der Waals surface area contributed by atoms with E-state index in [0.29, 0.717) is 11.3 Å². The Kier molecular flexibility index (Phi) is 1.62. The monoisotopic (exact) mass is 164 g/mol. The summed E-state index contributed by atoms with van der Waals surface area (Å²) in [5, 5.41) is 0. The van der Waals surface area contributed by atoms with Crippen molar-refractivity contribution in [3.8, 4) is 0 Å². The fourth-order valence-corrected chi connectivity index (χ4v) is 3.13. The number of fused-ring (bicyclic) bond motifs is 2. The highest BCUT2D eigenvalue weighted by Crippen LogP contribution is 2.60. The van der Waals surface area contributed by atoms with Gasteiger partial charge in [-0.05, 0) is 36.5 Å². The van der Waals surface area contributed by atoms with E-state index in [1.165, 1.54) is 19.3 Å². The molecular weight excluding hydrogens is 148 g/mol. The molecule has 2 bridgehead atoms. The number of hydrogen-bond acceptors (Lipinski definition) is 0. The van der Waals surface area contributed by atoms with Gasteiger partial charge in [-0.25, -0.2) is 0 Å². The van der Waals surface area contributed by atoms with Crippen molar-refractivity contribution in [3.63, 3.8) is 0 Å². The minimum Gasteiger partial charge on any atom is -0.362 e. The summed E-state index contributed by atoms with van der Waals surface area (Å²) in [6, 6.07) is 0. The lowest BCUT2D eigenvalue weighted by molar-refractivity contribution is -0.0969. The van der Waals surface area contributed by atoms with E-state index in [-0.39, 0.29) is 0 Å². The zero-order chi connectivity index (χ0) is 8.77. The summed E-state index contributed by atoms with van der Waals surface area (Å²) in [5.41, 5.74) is 9.00. The van der Waals surface area contributed by atoms with Crippen LogP contribution in [0.3, 0.4) is 0 Å². The van der Waals surface area contributed by atoms with Crippen LogP contribution in [0, 0.1) is 23.2 Å². The topological polar surface area (TPSA) is 36.4 Å². The molecule has 3 rings (SSSR count). The summed E-state index contributed by atoms with van der Waals surface area (Å²) in [6.45, 7) is 4.70. The molecule has 0 amide bonds. The van der Waals surface area contributed by atoms with Crippen LogP contribution in [0.25, 0.3) is 5.53 Å². The van der Waals surface area contributed by atoms with Gasteiger partial charge in [0.15, 0.2) is 0 Å². The highest BCUT2D eigenvalue weighted by Gasteiger charge is 2.54. The van der Waals surface area contributed by atoms with Gasteiger partial charge in [-0.2, -0.15) is 4.79 Å². The molecule has 0 saturated heterocycles. The van der Waals surface area contributed by atoms with Gasteiger partial charge in [0.2, 0.25) is 0 Å². The first kappa shape index (κ1) is 8.00. The third-order valence-corrected chi connectivity index (χ3v) is 4.17. The van der Waals surface area contributed by atoms with E-state index in [9.17, 15) is 0 Å². The standard InChI is InChI=1S/C10H16N2/c1-10(2)8-4-3-7(6-12-11)9(10)5-8/h6-9H,3-5H2,1-2H3. The molecule has 2 heteroatoms. The predicted octanol–water partition coefficient (Wildman–Crippen LogP) is 2.36. The molecule has 3 aliphatic rings. The molecule has 0 radical (unpaired) electrons. The maximum atomic E-state index is 8.49. The highest BCUT2D eigenvalue weighted by atomic mass is 14.8. The van der Waals surface area contributed by atoms with Crippen LogP contribution in [0.15, 0.2) is 0 Å². The van der Waals surface area contributed by atoms with Crippen molar-refractivity contribution >= 4 is 6.21 Å². The predicted molar refractivity (Wildman–Crippen MR) is 47.8 cm³/mol. The Labute approximate surface area is 73.6 Å². The molecule has 12 heavy (non-hydrogen) atoms. The zero-order valence-electron chi connectivity index (χ0n) is 7.83. The Balaban J connectivity index is 2.16. The van der Waals surface area contributed by atoms with Crippen LogP contribution in [0.1, 0.15) is 33.1 Å². The van der Waals surface area contributed by atoms with Crippen LogP contribution in [0.4, 0.5) is 0 Å². The lowest BCUT2D eigenvalue weighted by atomic mass is 9.46. The molecule has 66 valence electrons. The second-order valence-electron chi connectivity index (χ2n) is 4.87. The quantitative estimate of drug-likeness (QED) is 0.324. The van der Waals surface area contributed by atoms with E-state index >= 15 is 0 Å². The minimum atomic E-state index is 0.504. The number of hydrogen-bond donors (Lipinski definition) is 0. The highest BCUT2D eigenvalue weighted by molar-refractivity contribution is 5.56. The Morgan fingerprint density at radius 3 is 2.67 bits per heavy atom. The zero-order valence-corrected chi connectivity index (χ0v) is 7.83. The lowest BCUT2D eigenvalue weighted by Gasteiger charge is -2.58. The van der Waals surface area contributed by atoms with Crippen molar-refractivity contribution in [2.75, 3.05) is 0 Å². The van der Waals surface area contributed by atoms with Crippen LogP contribution in [-0.4, -0.2) is 11.0 Å². The Morgan fingerprint density at radius 1 is 1.42 bits per heavy atom. The summed E-state index contributed by atoms with van der Waals surface area (Å²) in [4.78, 5) is 3.17. The molecule has 3 fully saturated rings. The average Bonchev–Trinajstić information content (AvgIpc) is 2.05. The molecule has 3 aliphatic carbocycles. The van der Waals surface area contributed by atoms with Crippen LogP contribution < -0.4 is 0 Å². The first-order chi connectivity index (χ1) is 5.66. The molecule has 2 nitrogen and oxygen atoms in total. The van der Waals surface area contributed by atoms with E-state index in [1.807, 2.05) is 0 Å². The molecule has 3 saturated carbocycles. The van der Waals surface area contributed by atoms with Gasteiger partial charge in [-0.1, -0.05) is 13.8 Å². The van der Waals surface area contributed by atoms with Crippen molar-refractivity contribution in [2.24, 2.45) is 23.2 Å². The average molecular weight is 164 g/mol. The summed E-state index contributed by atoms with van der Waals surface area (Å²) in [7, 11) is 0. The van der Waals surface area contributed by atoms with Crippen molar-refractivity contribution in [1.29, 1.82) is 0 Å². The van der Waals surface area contributed by atoms with E-state index in [2.05, 4.69) is 18.6 Å². The maximum absolute atomic E-state index is 8.49. The van der Waals surface area contributed by atoms with E-state index in [4.69, 9.17) is 5.53 Å². The van der Waals surface area contributed by atoms with Crippen molar-refractivity contribution in [1.82, 2.24) is 0 Å². The van der Waals surface area contributed by atoms with Gasteiger partial charge >= 0.3 is 0 Å².